The molecule has 0 amide bonds. The monoisotopic (exact) mass is 269 g/mol. The number of hydrogen-bond acceptors (Lipinski definition) is 3. The number of anilines is 1. The molecule has 15 heavy (non-hydrogen) atoms. The second-order valence-corrected chi connectivity index (χ2v) is 5.66. The largest absolute Gasteiger partial charge is 0.356 e. The highest BCUT2D eigenvalue weighted by molar-refractivity contribution is 9.10. The van der Waals surface area contributed by atoms with Crippen LogP contribution < -0.4 is 4.90 Å². The van der Waals surface area contributed by atoms with Crippen LogP contribution in [0, 0.1) is 5.41 Å². The summed E-state index contributed by atoms with van der Waals surface area (Å²) in [5.41, 5.74) is 0.487. The third-order valence-corrected chi connectivity index (χ3v) is 3.49. The number of nitrogens with zero attached hydrogens (tertiary/aromatic N) is 3. The van der Waals surface area contributed by atoms with Crippen LogP contribution in [0.5, 0.6) is 0 Å². The zero-order valence-electron chi connectivity index (χ0n) is 9.20. The molecule has 0 spiro atoms. The third-order valence-electron chi connectivity index (χ3n) is 3.06. The minimum Gasteiger partial charge on any atom is -0.356 e. The molecular formula is C11H16BrN3. The SMILES string of the molecule is CC1(C)CCN(c2cc(Br)ncn2)CC1. The zero-order valence-corrected chi connectivity index (χ0v) is 10.8. The summed E-state index contributed by atoms with van der Waals surface area (Å²) in [6.45, 7) is 6.85. The van der Waals surface area contributed by atoms with Gasteiger partial charge >= 0.3 is 0 Å². The molecule has 1 aromatic rings. The molecule has 0 radical (unpaired) electrons. The van der Waals surface area contributed by atoms with Crippen molar-refractivity contribution in [1.82, 2.24) is 9.97 Å². The normalized spacial score (nSPS) is 20.3. The molecule has 3 nitrogen and oxygen atoms in total. The Morgan fingerprint density at radius 1 is 1.27 bits per heavy atom. The lowest BCUT2D eigenvalue weighted by atomic mass is 9.83. The number of rotatable bonds is 1. The van der Waals surface area contributed by atoms with Crippen LogP contribution in [0.4, 0.5) is 5.82 Å². The minimum atomic E-state index is 0.487. The van der Waals surface area contributed by atoms with Crippen LogP contribution in [-0.2, 0) is 0 Å². The van der Waals surface area contributed by atoms with E-state index in [0.29, 0.717) is 5.41 Å². The van der Waals surface area contributed by atoms with E-state index in [1.165, 1.54) is 12.8 Å². The lowest BCUT2D eigenvalue weighted by molar-refractivity contribution is 0.279. The van der Waals surface area contributed by atoms with Crippen molar-refractivity contribution < 1.29 is 0 Å². The van der Waals surface area contributed by atoms with E-state index < -0.39 is 0 Å². The molecule has 1 aliphatic rings. The number of aromatic nitrogens is 2. The lowest BCUT2D eigenvalue weighted by Gasteiger charge is -2.37. The summed E-state index contributed by atoms with van der Waals surface area (Å²) in [7, 11) is 0. The first-order valence-electron chi connectivity index (χ1n) is 5.29. The van der Waals surface area contributed by atoms with E-state index in [1.54, 1.807) is 6.33 Å². The number of piperidine rings is 1. The van der Waals surface area contributed by atoms with Gasteiger partial charge in [0.1, 0.15) is 16.7 Å². The maximum Gasteiger partial charge on any atom is 0.133 e. The molecule has 0 atom stereocenters. The van der Waals surface area contributed by atoms with Crippen LogP contribution in [-0.4, -0.2) is 23.1 Å². The summed E-state index contributed by atoms with van der Waals surface area (Å²) in [5, 5.41) is 0. The Hall–Kier alpha value is -0.640. The standard InChI is InChI=1S/C11H16BrN3/c1-11(2)3-5-15(6-4-11)10-7-9(12)13-8-14-10/h7-8H,3-6H2,1-2H3. The van der Waals surface area contributed by atoms with Crippen molar-refractivity contribution in [1.29, 1.82) is 0 Å². The average molecular weight is 270 g/mol. The molecule has 0 bridgehead atoms. The summed E-state index contributed by atoms with van der Waals surface area (Å²) in [5.74, 6) is 1.03. The van der Waals surface area contributed by atoms with E-state index in [2.05, 4.69) is 44.6 Å². The van der Waals surface area contributed by atoms with Gasteiger partial charge in [-0.1, -0.05) is 13.8 Å². The highest BCUT2D eigenvalue weighted by Gasteiger charge is 2.25. The molecule has 1 fully saturated rings. The smallest absolute Gasteiger partial charge is 0.133 e. The molecule has 0 N–H and O–H groups in total. The van der Waals surface area contributed by atoms with Crippen molar-refractivity contribution in [2.75, 3.05) is 18.0 Å². The molecule has 4 heteroatoms. The van der Waals surface area contributed by atoms with Crippen molar-refractivity contribution in [2.45, 2.75) is 26.7 Å². The highest BCUT2D eigenvalue weighted by Crippen LogP contribution is 2.31. The van der Waals surface area contributed by atoms with Gasteiger partial charge in [0.2, 0.25) is 0 Å². The summed E-state index contributed by atoms with van der Waals surface area (Å²) < 4.78 is 0.859. The Morgan fingerprint density at radius 3 is 2.53 bits per heavy atom. The van der Waals surface area contributed by atoms with Crippen LogP contribution in [0.3, 0.4) is 0 Å². The van der Waals surface area contributed by atoms with E-state index in [1.807, 2.05) is 6.07 Å². The van der Waals surface area contributed by atoms with E-state index in [9.17, 15) is 0 Å². The van der Waals surface area contributed by atoms with E-state index in [-0.39, 0.29) is 0 Å². The quantitative estimate of drug-likeness (QED) is 0.735. The van der Waals surface area contributed by atoms with Gasteiger partial charge in [0.25, 0.3) is 0 Å². The van der Waals surface area contributed by atoms with Gasteiger partial charge < -0.3 is 4.90 Å². The predicted molar refractivity (Wildman–Crippen MR) is 65.0 cm³/mol. The van der Waals surface area contributed by atoms with E-state index in [4.69, 9.17) is 0 Å². The average Bonchev–Trinajstić information content (AvgIpc) is 2.17. The van der Waals surface area contributed by atoms with Gasteiger partial charge in [-0.3, -0.25) is 0 Å². The summed E-state index contributed by atoms with van der Waals surface area (Å²) >= 11 is 3.37. The Bertz CT molecular complexity index is 341. The van der Waals surface area contributed by atoms with Gasteiger partial charge in [-0.15, -0.1) is 0 Å². The van der Waals surface area contributed by atoms with E-state index >= 15 is 0 Å². The Balaban J connectivity index is 2.08. The fourth-order valence-corrected chi connectivity index (χ4v) is 2.13. The van der Waals surface area contributed by atoms with Crippen LogP contribution in [0.2, 0.25) is 0 Å². The number of halogens is 1. The fourth-order valence-electron chi connectivity index (χ4n) is 1.84. The summed E-state index contributed by atoms with van der Waals surface area (Å²) in [4.78, 5) is 10.7. The third kappa shape index (κ3) is 2.68. The van der Waals surface area contributed by atoms with Crippen molar-refractivity contribution in [3.05, 3.63) is 17.0 Å². The molecule has 2 heterocycles. The molecule has 0 saturated carbocycles. The van der Waals surface area contributed by atoms with Gasteiger partial charge in [0, 0.05) is 19.2 Å². The first-order chi connectivity index (χ1) is 7.07. The maximum atomic E-state index is 4.30. The molecule has 0 unspecified atom stereocenters. The maximum absolute atomic E-state index is 4.30. The summed E-state index contributed by atoms with van der Waals surface area (Å²) in [6.07, 6.45) is 4.07. The minimum absolute atomic E-state index is 0.487. The fraction of sp³-hybridized carbons (Fsp3) is 0.636. The van der Waals surface area contributed by atoms with Crippen molar-refractivity contribution in [2.24, 2.45) is 5.41 Å². The first-order valence-corrected chi connectivity index (χ1v) is 6.09. The molecule has 82 valence electrons. The summed E-state index contributed by atoms with van der Waals surface area (Å²) in [6, 6.07) is 1.98. The molecule has 1 aromatic heterocycles. The number of hydrogen-bond donors (Lipinski definition) is 0. The van der Waals surface area contributed by atoms with E-state index in [0.717, 1.165) is 23.5 Å². The van der Waals surface area contributed by atoms with Gasteiger partial charge in [-0.25, -0.2) is 9.97 Å². The van der Waals surface area contributed by atoms with Gasteiger partial charge in [0.05, 0.1) is 0 Å². The Morgan fingerprint density at radius 2 is 1.93 bits per heavy atom. The molecule has 1 aliphatic heterocycles. The molecule has 0 aliphatic carbocycles. The van der Waals surface area contributed by atoms with Crippen molar-refractivity contribution in [3.8, 4) is 0 Å². The van der Waals surface area contributed by atoms with Crippen molar-refractivity contribution >= 4 is 21.7 Å². The second kappa shape index (κ2) is 4.08. The van der Waals surface area contributed by atoms with Crippen molar-refractivity contribution in [3.63, 3.8) is 0 Å². The lowest BCUT2D eigenvalue weighted by Crippen LogP contribution is -2.37. The molecule has 1 saturated heterocycles. The Labute approximate surface area is 99.0 Å². The first kappa shape index (κ1) is 10.9. The van der Waals surface area contributed by atoms with Gasteiger partial charge in [-0.05, 0) is 34.2 Å². The van der Waals surface area contributed by atoms with Gasteiger partial charge in [-0.2, -0.15) is 0 Å². The zero-order chi connectivity index (χ0) is 10.9. The highest BCUT2D eigenvalue weighted by atomic mass is 79.9. The molecular weight excluding hydrogens is 254 g/mol. The second-order valence-electron chi connectivity index (χ2n) is 4.85. The predicted octanol–water partition coefficient (Wildman–Crippen LogP) is 2.87. The van der Waals surface area contributed by atoms with Crippen LogP contribution >= 0.6 is 15.9 Å². The Kier molecular flexibility index (Phi) is 2.96. The van der Waals surface area contributed by atoms with Crippen LogP contribution in [0.1, 0.15) is 26.7 Å². The molecule has 2 rings (SSSR count). The molecule has 0 aromatic carbocycles. The van der Waals surface area contributed by atoms with Gasteiger partial charge in [0.15, 0.2) is 0 Å². The van der Waals surface area contributed by atoms with Crippen LogP contribution in [0.25, 0.3) is 0 Å². The van der Waals surface area contributed by atoms with Crippen LogP contribution in [0.15, 0.2) is 17.0 Å². The topological polar surface area (TPSA) is 29.0 Å².